The summed E-state index contributed by atoms with van der Waals surface area (Å²) in [6.45, 7) is 6.43. The summed E-state index contributed by atoms with van der Waals surface area (Å²) in [6, 6.07) is -0.673. The minimum absolute atomic E-state index is 0.0113. The van der Waals surface area contributed by atoms with Gasteiger partial charge in [0, 0.05) is 26.1 Å². The Bertz CT molecular complexity index is 437. The predicted molar refractivity (Wildman–Crippen MR) is 77.9 cm³/mol. The normalized spacial score (nSPS) is 36.0. The Hall–Kier alpha value is -1.40. The molecular weight excluding hydrogens is 272 g/mol. The van der Waals surface area contributed by atoms with E-state index < -0.39 is 12.0 Å². The van der Waals surface area contributed by atoms with E-state index in [1.165, 1.54) is 6.92 Å². The topological polar surface area (TPSA) is 78.9 Å². The maximum atomic E-state index is 11.5. The molecule has 0 aromatic rings. The number of amides is 1. The molecule has 0 radical (unpaired) electrons. The van der Waals surface area contributed by atoms with Gasteiger partial charge in [-0.05, 0) is 26.2 Å². The van der Waals surface area contributed by atoms with E-state index in [-0.39, 0.29) is 30.0 Å². The molecule has 0 aromatic carbocycles. The summed E-state index contributed by atoms with van der Waals surface area (Å²) in [5.41, 5.74) is 0. The summed E-state index contributed by atoms with van der Waals surface area (Å²) >= 11 is 0. The molecule has 6 heteroatoms. The van der Waals surface area contributed by atoms with Crippen molar-refractivity contribution >= 4 is 11.9 Å². The maximum Gasteiger partial charge on any atom is 0.320 e. The van der Waals surface area contributed by atoms with Crippen molar-refractivity contribution < 1.29 is 19.4 Å². The van der Waals surface area contributed by atoms with Crippen LogP contribution in [-0.4, -0.2) is 59.3 Å². The van der Waals surface area contributed by atoms with Crippen molar-refractivity contribution in [1.29, 1.82) is 0 Å². The Balaban J connectivity index is 2.28. The number of carbonyl (C=O) groups is 2. The first-order valence-electron chi connectivity index (χ1n) is 7.49. The van der Waals surface area contributed by atoms with Gasteiger partial charge in [-0.25, -0.2) is 0 Å². The number of allylic oxidation sites excluding steroid dienone is 1. The fourth-order valence-corrected chi connectivity index (χ4v) is 3.71. The third kappa shape index (κ3) is 3.11. The van der Waals surface area contributed by atoms with Gasteiger partial charge in [-0.3, -0.25) is 14.5 Å². The summed E-state index contributed by atoms with van der Waals surface area (Å²) in [6.07, 6.45) is 4.42. The fourth-order valence-electron chi connectivity index (χ4n) is 3.71. The molecule has 1 amide bonds. The lowest BCUT2D eigenvalue weighted by molar-refractivity contribution is -0.142. The first kappa shape index (κ1) is 16.0. The molecule has 0 bridgehead atoms. The zero-order valence-corrected chi connectivity index (χ0v) is 12.8. The molecule has 21 heavy (non-hydrogen) atoms. The molecule has 2 fully saturated rings. The number of hydrogen-bond acceptors (Lipinski definition) is 4. The molecule has 2 aliphatic heterocycles. The number of hydrogen-bond donors (Lipinski definition) is 2. The second-order valence-corrected chi connectivity index (χ2v) is 5.69. The van der Waals surface area contributed by atoms with Crippen LogP contribution in [0.4, 0.5) is 0 Å². The van der Waals surface area contributed by atoms with E-state index in [4.69, 9.17) is 4.74 Å². The molecule has 118 valence electrons. The van der Waals surface area contributed by atoms with Gasteiger partial charge in [0.2, 0.25) is 5.91 Å². The molecule has 0 aromatic heterocycles. The van der Waals surface area contributed by atoms with E-state index in [9.17, 15) is 14.7 Å². The highest BCUT2D eigenvalue weighted by Crippen LogP contribution is 2.39. The number of nitrogens with one attached hydrogen (secondary N) is 1. The largest absolute Gasteiger partial charge is 0.480 e. The van der Waals surface area contributed by atoms with Crippen LogP contribution in [0.5, 0.6) is 0 Å². The summed E-state index contributed by atoms with van der Waals surface area (Å²) < 4.78 is 5.73. The standard InChI is InChI=1S/C15H24N2O4/c1-4-6-10-7-11(15(19)20)17-8-12(21-5-2)13(14(10)17)16-9(3)18/h4,6,10-14H,5,7-8H2,1-3H3,(H,16,18)(H,19,20)/b6-4-/t10-,11-,12-,13+,14-/m1/s1. The van der Waals surface area contributed by atoms with E-state index >= 15 is 0 Å². The Labute approximate surface area is 125 Å². The Morgan fingerprint density at radius 1 is 1.48 bits per heavy atom. The van der Waals surface area contributed by atoms with Gasteiger partial charge in [-0.2, -0.15) is 0 Å². The second-order valence-electron chi connectivity index (χ2n) is 5.69. The average Bonchev–Trinajstić information content (AvgIpc) is 2.90. The Morgan fingerprint density at radius 3 is 2.71 bits per heavy atom. The number of carbonyl (C=O) groups excluding carboxylic acids is 1. The number of ether oxygens (including phenoxy) is 1. The zero-order valence-electron chi connectivity index (χ0n) is 12.8. The second kappa shape index (κ2) is 6.58. The van der Waals surface area contributed by atoms with Gasteiger partial charge in [0.1, 0.15) is 6.04 Å². The first-order chi connectivity index (χ1) is 9.99. The van der Waals surface area contributed by atoms with Crippen molar-refractivity contribution in [2.24, 2.45) is 5.92 Å². The SMILES string of the molecule is C/C=C\[C@@H]1C[C@H](C(=O)O)N2C[C@@H](OCC)[C@H](NC(C)=O)[C@@H]12. The lowest BCUT2D eigenvalue weighted by atomic mass is 9.92. The Kier molecular flexibility index (Phi) is 5.00. The van der Waals surface area contributed by atoms with Crippen LogP contribution in [0.1, 0.15) is 27.2 Å². The Morgan fingerprint density at radius 2 is 2.19 bits per heavy atom. The number of carboxylic acid groups (broad SMARTS) is 1. The van der Waals surface area contributed by atoms with Gasteiger partial charge in [0.25, 0.3) is 0 Å². The van der Waals surface area contributed by atoms with Gasteiger partial charge in [-0.15, -0.1) is 0 Å². The third-order valence-electron chi connectivity index (χ3n) is 4.35. The predicted octanol–water partition coefficient (Wildman–Crippen LogP) is 0.630. The number of carboxylic acids is 1. The van der Waals surface area contributed by atoms with Crippen molar-refractivity contribution in [1.82, 2.24) is 10.2 Å². The molecule has 0 saturated carbocycles. The van der Waals surface area contributed by atoms with Crippen LogP contribution in [0, 0.1) is 5.92 Å². The number of rotatable bonds is 5. The minimum Gasteiger partial charge on any atom is -0.480 e. The zero-order chi connectivity index (χ0) is 15.6. The molecule has 0 spiro atoms. The number of nitrogens with zero attached hydrogens (tertiary/aromatic N) is 1. The summed E-state index contributed by atoms with van der Waals surface area (Å²) in [5, 5.41) is 12.4. The van der Waals surface area contributed by atoms with Crippen molar-refractivity contribution in [3.8, 4) is 0 Å². The lowest BCUT2D eigenvalue weighted by Gasteiger charge is -2.27. The van der Waals surface area contributed by atoms with Gasteiger partial charge in [-0.1, -0.05) is 12.2 Å². The summed E-state index contributed by atoms with van der Waals surface area (Å²) in [5.74, 6) is -0.784. The molecule has 2 saturated heterocycles. The minimum atomic E-state index is -0.800. The van der Waals surface area contributed by atoms with Gasteiger partial charge in [0.15, 0.2) is 0 Å². The average molecular weight is 296 g/mol. The van der Waals surface area contributed by atoms with Gasteiger partial charge >= 0.3 is 5.97 Å². The summed E-state index contributed by atoms with van der Waals surface area (Å²) in [4.78, 5) is 25.0. The van der Waals surface area contributed by atoms with Gasteiger partial charge < -0.3 is 15.2 Å². The molecule has 2 aliphatic rings. The quantitative estimate of drug-likeness (QED) is 0.728. The van der Waals surface area contributed by atoms with Crippen molar-refractivity contribution in [3.63, 3.8) is 0 Å². The van der Waals surface area contributed by atoms with Crippen LogP contribution in [-0.2, 0) is 14.3 Å². The molecule has 2 N–H and O–H groups in total. The van der Waals surface area contributed by atoms with Crippen molar-refractivity contribution in [3.05, 3.63) is 12.2 Å². The van der Waals surface area contributed by atoms with Crippen LogP contribution in [0.25, 0.3) is 0 Å². The molecule has 2 rings (SSSR count). The van der Waals surface area contributed by atoms with Crippen LogP contribution in [0.15, 0.2) is 12.2 Å². The molecular formula is C15H24N2O4. The maximum absolute atomic E-state index is 11.5. The van der Waals surface area contributed by atoms with Gasteiger partial charge in [0.05, 0.1) is 12.1 Å². The lowest BCUT2D eigenvalue weighted by Crippen LogP contribution is -2.49. The van der Waals surface area contributed by atoms with E-state index in [0.717, 1.165) is 0 Å². The van der Waals surface area contributed by atoms with Crippen molar-refractivity contribution in [2.45, 2.75) is 51.4 Å². The van der Waals surface area contributed by atoms with Crippen LogP contribution in [0.2, 0.25) is 0 Å². The third-order valence-corrected chi connectivity index (χ3v) is 4.35. The molecule has 2 heterocycles. The summed E-state index contributed by atoms with van der Waals surface area (Å²) in [7, 11) is 0. The smallest absolute Gasteiger partial charge is 0.320 e. The number of fused-ring (bicyclic) bond motifs is 1. The molecule has 0 unspecified atom stereocenters. The fraction of sp³-hybridized carbons (Fsp3) is 0.733. The molecule has 0 aliphatic carbocycles. The van der Waals surface area contributed by atoms with Crippen LogP contribution < -0.4 is 5.32 Å². The molecule has 6 nitrogen and oxygen atoms in total. The van der Waals surface area contributed by atoms with E-state index in [1.54, 1.807) is 0 Å². The van der Waals surface area contributed by atoms with E-state index in [2.05, 4.69) is 5.32 Å². The van der Waals surface area contributed by atoms with E-state index in [1.807, 2.05) is 30.9 Å². The van der Waals surface area contributed by atoms with Crippen molar-refractivity contribution in [2.75, 3.05) is 13.2 Å². The monoisotopic (exact) mass is 296 g/mol. The number of aliphatic carboxylic acids is 1. The highest BCUT2D eigenvalue weighted by atomic mass is 16.5. The highest BCUT2D eigenvalue weighted by Gasteiger charge is 2.54. The van der Waals surface area contributed by atoms with E-state index in [0.29, 0.717) is 19.6 Å². The molecule has 5 atom stereocenters. The highest BCUT2D eigenvalue weighted by molar-refractivity contribution is 5.75. The van der Waals surface area contributed by atoms with Crippen LogP contribution >= 0.6 is 0 Å². The van der Waals surface area contributed by atoms with Crippen LogP contribution in [0.3, 0.4) is 0 Å². The first-order valence-corrected chi connectivity index (χ1v) is 7.49.